The summed E-state index contributed by atoms with van der Waals surface area (Å²) < 4.78 is 13.0. The largest absolute Gasteiger partial charge is 0.278 e. The number of anilines is 1. The van der Waals surface area contributed by atoms with E-state index in [0.717, 1.165) is 10.9 Å². The van der Waals surface area contributed by atoms with Crippen molar-refractivity contribution in [2.24, 2.45) is 5.10 Å². The van der Waals surface area contributed by atoms with Crippen LogP contribution in [0.1, 0.15) is 5.56 Å². The predicted molar refractivity (Wildman–Crippen MR) is 84.4 cm³/mol. The van der Waals surface area contributed by atoms with E-state index < -0.39 is 0 Å². The van der Waals surface area contributed by atoms with Gasteiger partial charge in [0.1, 0.15) is 11.0 Å². The molecule has 0 spiro atoms. The molecule has 0 saturated heterocycles. The minimum Gasteiger partial charge on any atom is -0.278 e. The summed E-state index contributed by atoms with van der Waals surface area (Å²) in [5.74, 6) is -0.319. The van der Waals surface area contributed by atoms with Crippen molar-refractivity contribution in [3.8, 4) is 0 Å². The van der Waals surface area contributed by atoms with Gasteiger partial charge in [0.25, 0.3) is 0 Å². The summed E-state index contributed by atoms with van der Waals surface area (Å²) in [6.07, 6.45) is 1.56. The number of benzene rings is 2. The molecule has 104 valence electrons. The first-order chi connectivity index (χ1) is 10.2. The average molecular weight is 300 g/mol. The monoisotopic (exact) mass is 299 g/mol. The van der Waals surface area contributed by atoms with Gasteiger partial charge in [-0.05, 0) is 30.3 Å². The van der Waals surface area contributed by atoms with Gasteiger partial charge in [-0.15, -0.1) is 0 Å². The summed E-state index contributed by atoms with van der Waals surface area (Å²) in [6, 6.07) is 15.7. The summed E-state index contributed by atoms with van der Waals surface area (Å²) in [5.41, 5.74) is 4.84. The lowest BCUT2D eigenvalue weighted by atomic mass is 10.2. The van der Waals surface area contributed by atoms with E-state index in [2.05, 4.69) is 15.5 Å². The van der Waals surface area contributed by atoms with Crippen molar-refractivity contribution in [1.82, 2.24) is 4.98 Å². The molecule has 1 N–H and O–H groups in total. The quantitative estimate of drug-likeness (QED) is 0.440. The Labute approximate surface area is 126 Å². The van der Waals surface area contributed by atoms with Crippen LogP contribution in [0.2, 0.25) is 5.15 Å². The molecule has 1 heterocycles. The molecule has 0 atom stereocenters. The molecule has 0 saturated carbocycles. The van der Waals surface area contributed by atoms with Crippen LogP contribution in [0, 0.1) is 5.82 Å². The van der Waals surface area contributed by atoms with Crippen molar-refractivity contribution in [3.63, 3.8) is 0 Å². The molecule has 0 amide bonds. The van der Waals surface area contributed by atoms with Crippen molar-refractivity contribution in [2.75, 3.05) is 5.43 Å². The van der Waals surface area contributed by atoms with Gasteiger partial charge in [0.05, 0.1) is 17.4 Å². The summed E-state index contributed by atoms with van der Waals surface area (Å²) in [7, 11) is 0. The first-order valence-corrected chi connectivity index (χ1v) is 6.70. The van der Waals surface area contributed by atoms with Gasteiger partial charge in [-0.3, -0.25) is 5.43 Å². The normalized spacial score (nSPS) is 11.1. The molecule has 21 heavy (non-hydrogen) atoms. The van der Waals surface area contributed by atoms with E-state index in [4.69, 9.17) is 11.6 Å². The van der Waals surface area contributed by atoms with Crippen molar-refractivity contribution < 1.29 is 4.39 Å². The molecular formula is C16H11ClFN3. The Bertz CT molecular complexity index is 817. The number of rotatable bonds is 3. The average Bonchev–Trinajstić information content (AvgIpc) is 2.48. The topological polar surface area (TPSA) is 37.3 Å². The Balaban J connectivity index is 1.84. The lowest BCUT2D eigenvalue weighted by molar-refractivity contribution is 0.628. The molecule has 0 aliphatic rings. The second kappa shape index (κ2) is 5.89. The highest BCUT2D eigenvalue weighted by Crippen LogP contribution is 2.19. The Morgan fingerprint density at radius 2 is 1.95 bits per heavy atom. The number of fused-ring (bicyclic) bond motifs is 1. The third-order valence-corrected chi connectivity index (χ3v) is 3.23. The molecule has 3 aromatic rings. The minimum atomic E-state index is -0.319. The number of aromatic nitrogens is 1. The van der Waals surface area contributed by atoms with E-state index in [1.165, 1.54) is 12.1 Å². The summed E-state index contributed by atoms with van der Waals surface area (Å²) in [4.78, 5) is 4.30. The van der Waals surface area contributed by atoms with Crippen molar-refractivity contribution in [2.45, 2.75) is 0 Å². The SMILES string of the molecule is Fc1cccc(N/N=C/c2cc3ccccc3nc2Cl)c1. The third kappa shape index (κ3) is 3.17. The second-order valence-corrected chi connectivity index (χ2v) is 4.80. The first kappa shape index (κ1) is 13.5. The minimum absolute atomic E-state index is 0.319. The smallest absolute Gasteiger partial charge is 0.138 e. The van der Waals surface area contributed by atoms with Crippen LogP contribution in [-0.4, -0.2) is 11.2 Å². The maximum atomic E-state index is 13.0. The molecule has 3 nitrogen and oxygen atoms in total. The van der Waals surface area contributed by atoms with Gasteiger partial charge >= 0.3 is 0 Å². The fourth-order valence-corrected chi connectivity index (χ4v) is 2.13. The molecule has 0 bridgehead atoms. The van der Waals surface area contributed by atoms with Gasteiger partial charge in [-0.25, -0.2) is 9.37 Å². The second-order valence-electron chi connectivity index (χ2n) is 4.44. The Morgan fingerprint density at radius 3 is 2.81 bits per heavy atom. The maximum Gasteiger partial charge on any atom is 0.138 e. The summed E-state index contributed by atoms with van der Waals surface area (Å²) in [6.45, 7) is 0. The maximum absolute atomic E-state index is 13.0. The van der Waals surface area contributed by atoms with Crippen LogP contribution in [0.15, 0.2) is 59.7 Å². The number of hydrazone groups is 1. The predicted octanol–water partition coefficient (Wildman–Crippen LogP) is 4.47. The van der Waals surface area contributed by atoms with Gasteiger partial charge < -0.3 is 0 Å². The molecule has 1 aromatic heterocycles. The fourth-order valence-electron chi connectivity index (χ4n) is 1.93. The van der Waals surface area contributed by atoms with Gasteiger partial charge in [0, 0.05) is 10.9 Å². The fraction of sp³-hybridized carbons (Fsp3) is 0. The number of nitrogens with one attached hydrogen (secondary N) is 1. The molecule has 0 aliphatic carbocycles. The van der Waals surface area contributed by atoms with Gasteiger partial charge in [-0.2, -0.15) is 5.10 Å². The Morgan fingerprint density at radius 1 is 1.10 bits per heavy atom. The van der Waals surface area contributed by atoms with Gasteiger partial charge in [-0.1, -0.05) is 35.9 Å². The summed E-state index contributed by atoms with van der Waals surface area (Å²) >= 11 is 6.12. The number of hydrogen-bond acceptors (Lipinski definition) is 3. The van der Waals surface area contributed by atoms with E-state index in [1.54, 1.807) is 18.3 Å². The number of pyridine rings is 1. The third-order valence-electron chi connectivity index (χ3n) is 2.93. The summed E-state index contributed by atoms with van der Waals surface area (Å²) in [5, 5.41) is 5.41. The van der Waals surface area contributed by atoms with E-state index >= 15 is 0 Å². The Hall–Kier alpha value is -2.46. The lowest BCUT2D eigenvalue weighted by Gasteiger charge is -2.02. The molecular weight excluding hydrogens is 289 g/mol. The van der Waals surface area contributed by atoms with E-state index in [0.29, 0.717) is 16.4 Å². The van der Waals surface area contributed by atoms with Crippen molar-refractivity contribution in [3.05, 3.63) is 71.1 Å². The van der Waals surface area contributed by atoms with Crippen molar-refractivity contribution in [1.29, 1.82) is 0 Å². The molecule has 0 radical (unpaired) electrons. The molecule has 0 fully saturated rings. The highest BCUT2D eigenvalue weighted by atomic mass is 35.5. The van der Waals surface area contributed by atoms with Crippen LogP contribution in [-0.2, 0) is 0 Å². The Kier molecular flexibility index (Phi) is 3.79. The van der Waals surface area contributed by atoms with E-state index in [-0.39, 0.29) is 5.82 Å². The van der Waals surface area contributed by atoms with E-state index in [1.807, 2.05) is 30.3 Å². The molecule has 0 unspecified atom stereocenters. The number of halogens is 2. The number of para-hydroxylation sites is 1. The molecule has 2 aromatic carbocycles. The van der Waals surface area contributed by atoms with Crippen LogP contribution in [0.3, 0.4) is 0 Å². The zero-order valence-corrected chi connectivity index (χ0v) is 11.7. The lowest BCUT2D eigenvalue weighted by Crippen LogP contribution is -1.93. The van der Waals surface area contributed by atoms with Crippen LogP contribution in [0.4, 0.5) is 10.1 Å². The van der Waals surface area contributed by atoms with E-state index in [9.17, 15) is 4.39 Å². The molecule has 0 aliphatic heterocycles. The number of nitrogens with zero attached hydrogens (tertiary/aromatic N) is 2. The highest BCUT2D eigenvalue weighted by Gasteiger charge is 2.02. The van der Waals surface area contributed by atoms with Gasteiger partial charge in [0.2, 0.25) is 0 Å². The zero-order valence-electron chi connectivity index (χ0n) is 10.9. The van der Waals surface area contributed by atoms with Gasteiger partial charge in [0.15, 0.2) is 0 Å². The number of hydrogen-bond donors (Lipinski definition) is 1. The molecule has 3 rings (SSSR count). The highest BCUT2D eigenvalue weighted by molar-refractivity contribution is 6.32. The standard InChI is InChI=1S/C16H11ClFN3/c17-16-12(8-11-4-1-2-7-15(11)20-16)10-19-21-14-6-3-5-13(18)9-14/h1-10,21H/b19-10+. The zero-order chi connectivity index (χ0) is 14.7. The van der Waals surface area contributed by atoms with Crippen LogP contribution in [0.5, 0.6) is 0 Å². The first-order valence-electron chi connectivity index (χ1n) is 6.32. The van der Waals surface area contributed by atoms with Crippen LogP contribution >= 0.6 is 11.6 Å². The van der Waals surface area contributed by atoms with Crippen LogP contribution < -0.4 is 5.43 Å². The van der Waals surface area contributed by atoms with Crippen LogP contribution in [0.25, 0.3) is 10.9 Å². The molecule has 5 heteroatoms. The van der Waals surface area contributed by atoms with Crippen molar-refractivity contribution >= 4 is 34.4 Å².